The summed E-state index contributed by atoms with van der Waals surface area (Å²) in [4.78, 5) is 42.3. The zero-order valence-corrected chi connectivity index (χ0v) is 23.7. The molecule has 0 aliphatic heterocycles. The molecule has 0 saturated heterocycles. The highest BCUT2D eigenvalue weighted by atomic mass is 16.8. The van der Waals surface area contributed by atoms with Crippen LogP contribution >= 0.6 is 0 Å². The number of aromatic hydroxyl groups is 2. The molecule has 0 saturated carbocycles. The molecule has 1 heterocycles. The van der Waals surface area contributed by atoms with Gasteiger partial charge in [0.15, 0.2) is 0 Å². The van der Waals surface area contributed by atoms with Gasteiger partial charge in [-0.3, -0.25) is 14.4 Å². The van der Waals surface area contributed by atoms with E-state index in [0.29, 0.717) is 42.3 Å². The first kappa shape index (κ1) is 30.4. The molecule has 2 amide bonds. The molecule has 2 aromatic carbocycles. The second-order valence-corrected chi connectivity index (χ2v) is 10.1. The predicted octanol–water partition coefficient (Wildman–Crippen LogP) is 2.56. The Hall–Kier alpha value is -5.03. The smallest absolute Gasteiger partial charge is 0.492 e. The Morgan fingerprint density at radius 1 is 0.841 bits per heavy atom. The zero-order valence-electron chi connectivity index (χ0n) is 23.7. The van der Waals surface area contributed by atoms with Crippen LogP contribution in [0.15, 0.2) is 48.5 Å². The standard InChI is InChI=1S/C31H32N4O9/c32-11-1-12-41-17-27(36)33-20-4-6-22-23-7-5-21(34-28(37)18-42-13-10-19-2-3-19)15-25(23)26(24(22)14-20)16-43-31(40)44-35-29(38)8-9-30(35)39/h4-9,14-15,19,26,38-39H,1,10-13,16-18,32H2,(H,33,36)(H,34,37). The van der Waals surface area contributed by atoms with Crippen molar-refractivity contribution >= 4 is 29.3 Å². The Labute approximate surface area is 252 Å². The summed E-state index contributed by atoms with van der Waals surface area (Å²) in [6, 6.07) is 13.1. The van der Waals surface area contributed by atoms with Gasteiger partial charge in [-0.1, -0.05) is 24.0 Å². The van der Waals surface area contributed by atoms with E-state index in [1.165, 1.54) is 0 Å². The van der Waals surface area contributed by atoms with E-state index in [4.69, 9.17) is 24.8 Å². The average molecular weight is 605 g/mol. The van der Waals surface area contributed by atoms with Crippen LogP contribution in [0.5, 0.6) is 11.8 Å². The number of benzene rings is 2. The third-order valence-corrected chi connectivity index (χ3v) is 6.90. The first-order valence-electron chi connectivity index (χ1n) is 14.0. The van der Waals surface area contributed by atoms with Crippen LogP contribution in [0.1, 0.15) is 29.9 Å². The second-order valence-electron chi connectivity index (χ2n) is 10.1. The molecule has 1 aromatic heterocycles. The molecule has 230 valence electrons. The van der Waals surface area contributed by atoms with Gasteiger partial charge in [0.05, 0.1) is 5.92 Å². The fourth-order valence-corrected chi connectivity index (χ4v) is 4.76. The van der Waals surface area contributed by atoms with Crippen LogP contribution in [0.3, 0.4) is 0 Å². The fraction of sp³-hybridized carbons (Fsp3) is 0.323. The van der Waals surface area contributed by atoms with Crippen molar-refractivity contribution in [2.75, 3.05) is 50.2 Å². The minimum Gasteiger partial charge on any atom is -0.492 e. The Bertz CT molecular complexity index is 1580. The number of ether oxygens (including phenoxy) is 3. The van der Waals surface area contributed by atoms with Crippen molar-refractivity contribution in [1.29, 1.82) is 0 Å². The van der Waals surface area contributed by atoms with Crippen molar-refractivity contribution in [2.24, 2.45) is 11.7 Å². The fourth-order valence-electron chi connectivity index (χ4n) is 4.76. The monoisotopic (exact) mass is 604 g/mol. The Balaban J connectivity index is 1.30. The van der Waals surface area contributed by atoms with E-state index in [0.717, 1.165) is 40.8 Å². The Kier molecular flexibility index (Phi) is 9.65. The number of nitrogens with two attached hydrogens (primary N) is 1. The van der Waals surface area contributed by atoms with Gasteiger partial charge in [-0.2, -0.15) is 0 Å². The minimum absolute atomic E-state index is 0.111. The van der Waals surface area contributed by atoms with Crippen molar-refractivity contribution in [2.45, 2.75) is 18.8 Å². The van der Waals surface area contributed by atoms with Crippen molar-refractivity contribution < 1.29 is 43.6 Å². The molecule has 44 heavy (non-hydrogen) atoms. The first-order valence-corrected chi connectivity index (χ1v) is 14.0. The van der Waals surface area contributed by atoms with Gasteiger partial charge in [0.25, 0.3) is 0 Å². The summed E-state index contributed by atoms with van der Waals surface area (Å²) in [5, 5.41) is 25.2. The molecule has 3 aromatic rings. The lowest BCUT2D eigenvalue weighted by atomic mass is 9.97. The molecular weight excluding hydrogens is 572 g/mol. The van der Waals surface area contributed by atoms with Gasteiger partial charge >= 0.3 is 6.16 Å². The van der Waals surface area contributed by atoms with E-state index >= 15 is 0 Å². The second kappa shape index (κ2) is 14.0. The third-order valence-electron chi connectivity index (χ3n) is 6.90. The van der Waals surface area contributed by atoms with E-state index in [9.17, 15) is 24.6 Å². The predicted molar refractivity (Wildman–Crippen MR) is 158 cm³/mol. The quantitative estimate of drug-likeness (QED) is 0.0982. The lowest BCUT2D eigenvalue weighted by Crippen LogP contribution is -2.22. The number of hydrogen-bond donors (Lipinski definition) is 5. The molecule has 13 nitrogen and oxygen atoms in total. The molecule has 2 aliphatic carbocycles. The minimum atomic E-state index is -1.17. The normalized spacial score (nSPS) is 14.2. The summed E-state index contributed by atoms with van der Waals surface area (Å²) in [6.45, 7) is 0.830. The highest BCUT2D eigenvalue weighted by Gasteiger charge is 2.31. The van der Waals surface area contributed by atoms with Gasteiger partial charge in [-0.15, -0.1) is 4.73 Å². The van der Waals surface area contributed by atoms with Crippen LogP contribution in [0.4, 0.5) is 16.2 Å². The summed E-state index contributed by atoms with van der Waals surface area (Å²) in [5.41, 5.74) is 9.72. The summed E-state index contributed by atoms with van der Waals surface area (Å²) in [7, 11) is 0. The molecule has 1 unspecified atom stereocenters. The van der Waals surface area contributed by atoms with Crippen molar-refractivity contribution in [3.05, 3.63) is 59.7 Å². The van der Waals surface area contributed by atoms with Gasteiger partial charge in [0, 0.05) is 42.6 Å². The first-order chi connectivity index (χ1) is 21.3. The van der Waals surface area contributed by atoms with Gasteiger partial charge in [0.1, 0.15) is 19.8 Å². The zero-order chi connectivity index (χ0) is 31.1. The van der Waals surface area contributed by atoms with Crippen LogP contribution in [-0.2, 0) is 23.8 Å². The molecule has 0 spiro atoms. The number of nitrogens with zero attached hydrogens (tertiary/aromatic N) is 1. The number of hydrogen-bond acceptors (Lipinski definition) is 10. The summed E-state index contributed by atoms with van der Waals surface area (Å²) in [6.07, 6.45) is 0.213. The summed E-state index contributed by atoms with van der Waals surface area (Å²) >= 11 is 0. The number of anilines is 2. The van der Waals surface area contributed by atoms with Gasteiger partial charge in [-0.05, 0) is 65.9 Å². The van der Waals surface area contributed by atoms with E-state index in [-0.39, 0.29) is 37.6 Å². The van der Waals surface area contributed by atoms with Crippen molar-refractivity contribution in [1.82, 2.24) is 4.73 Å². The van der Waals surface area contributed by atoms with E-state index < -0.39 is 23.8 Å². The molecule has 2 aliphatic rings. The molecule has 6 N–H and O–H groups in total. The van der Waals surface area contributed by atoms with Crippen molar-refractivity contribution in [3.63, 3.8) is 0 Å². The van der Waals surface area contributed by atoms with Gasteiger partial charge < -0.3 is 40.8 Å². The molecular formula is C31H32N4O9. The number of carbonyl (C=O) groups is 3. The van der Waals surface area contributed by atoms with Crippen molar-refractivity contribution in [3.8, 4) is 34.7 Å². The largest absolute Gasteiger partial charge is 0.534 e. The highest BCUT2D eigenvalue weighted by Crippen LogP contribution is 2.47. The van der Waals surface area contributed by atoms with E-state index in [1.807, 2.05) is 12.1 Å². The highest BCUT2D eigenvalue weighted by molar-refractivity contribution is 5.94. The maximum absolute atomic E-state index is 12.5. The lowest BCUT2D eigenvalue weighted by molar-refractivity contribution is -0.121. The van der Waals surface area contributed by atoms with Crippen LogP contribution in [0.25, 0.3) is 11.1 Å². The third kappa shape index (κ3) is 7.67. The van der Waals surface area contributed by atoms with E-state index in [1.54, 1.807) is 24.3 Å². The molecule has 0 bridgehead atoms. The Morgan fingerprint density at radius 3 is 1.95 bits per heavy atom. The van der Waals surface area contributed by atoms with Gasteiger partial charge in [0.2, 0.25) is 23.6 Å². The SMILES string of the molecule is NCCCOCC(=O)Nc1ccc2c(c1)C(COC(=O)On1c(O)ccc1O)c1cc(NC(=O)COCCC3C#C3)ccc1-2. The topological polar surface area (TPSA) is 184 Å². The molecule has 1 atom stereocenters. The molecule has 5 rings (SSSR count). The maximum atomic E-state index is 12.5. The molecule has 13 heteroatoms. The number of aromatic nitrogens is 1. The molecule has 0 fully saturated rings. The summed E-state index contributed by atoms with van der Waals surface area (Å²) < 4.78 is 16.7. The molecule has 0 radical (unpaired) electrons. The van der Waals surface area contributed by atoms with Crippen LogP contribution in [0, 0.1) is 17.8 Å². The Morgan fingerprint density at radius 2 is 1.41 bits per heavy atom. The lowest BCUT2D eigenvalue weighted by Gasteiger charge is -2.16. The number of rotatable bonds is 15. The summed E-state index contributed by atoms with van der Waals surface area (Å²) in [5.74, 6) is 3.93. The van der Waals surface area contributed by atoms with Crippen LogP contribution in [-0.4, -0.2) is 72.5 Å². The maximum Gasteiger partial charge on any atom is 0.534 e. The number of nitrogens with one attached hydrogen (secondary N) is 2. The number of amides is 2. The number of carbonyl (C=O) groups excluding carboxylic acids is 3. The van der Waals surface area contributed by atoms with Crippen LogP contribution < -0.4 is 21.2 Å². The average Bonchev–Trinajstić information content (AvgIpc) is 3.72. The van der Waals surface area contributed by atoms with E-state index in [2.05, 4.69) is 22.5 Å². The van der Waals surface area contributed by atoms with Crippen LogP contribution in [0.2, 0.25) is 0 Å². The number of fused-ring (bicyclic) bond motifs is 3. The van der Waals surface area contributed by atoms with Gasteiger partial charge in [-0.25, -0.2) is 4.79 Å².